The summed E-state index contributed by atoms with van der Waals surface area (Å²) in [5, 5.41) is 24.7. The third kappa shape index (κ3) is 3.28. The van der Waals surface area contributed by atoms with Gasteiger partial charge in [0.15, 0.2) is 22.7 Å². The molecule has 5 atom stereocenters. The fourth-order valence-electron chi connectivity index (χ4n) is 6.13. The molecule has 9 nitrogen and oxygen atoms in total. The summed E-state index contributed by atoms with van der Waals surface area (Å²) in [5.74, 6) is -1.01. The van der Waals surface area contributed by atoms with Crippen molar-refractivity contribution in [3.63, 3.8) is 0 Å². The second-order valence-electron chi connectivity index (χ2n) is 9.26. The molecule has 5 rings (SSSR count). The summed E-state index contributed by atoms with van der Waals surface area (Å²) in [6, 6.07) is 17.5. The average molecular weight is 523 g/mol. The first-order valence-corrected chi connectivity index (χ1v) is 12.0. The molecule has 5 unspecified atom stereocenters. The number of aliphatic hydroxyl groups is 2. The van der Waals surface area contributed by atoms with Crippen molar-refractivity contribution in [2.75, 3.05) is 35.5 Å². The Morgan fingerprint density at radius 2 is 1.53 bits per heavy atom. The van der Waals surface area contributed by atoms with E-state index in [1.54, 1.807) is 30.3 Å². The standard InChI is InChI=1S/C29H30O9/c1-33-18-14-21(36-4)25-22(15-18)38-29(17-11-12-19(34-2)20(13-17)35-3)24(16-9-7-6-8-10-16)23(27(31)37-5)26(30)28(25,29)32/h6-15,23-24,26,30,32H,1-5H3. The first-order valence-electron chi connectivity index (χ1n) is 12.0. The monoisotopic (exact) mass is 522 g/mol. The quantitative estimate of drug-likeness (QED) is 0.452. The van der Waals surface area contributed by atoms with Gasteiger partial charge in [0.2, 0.25) is 0 Å². The highest BCUT2D eigenvalue weighted by Crippen LogP contribution is 2.70. The first kappa shape index (κ1) is 25.7. The number of fused-ring (bicyclic) bond motifs is 3. The van der Waals surface area contributed by atoms with Gasteiger partial charge in [-0.1, -0.05) is 36.4 Å². The van der Waals surface area contributed by atoms with E-state index in [9.17, 15) is 15.0 Å². The van der Waals surface area contributed by atoms with Crippen LogP contribution in [-0.4, -0.2) is 57.8 Å². The molecule has 1 aliphatic heterocycles. The van der Waals surface area contributed by atoms with Crippen molar-refractivity contribution in [3.05, 3.63) is 77.4 Å². The summed E-state index contributed by atoms with van der Waals surface area (Å²) < 4.78 is 34.0. The molecule has 0 radical (unpaired) electrons. The molecule has 1 aliphatic carbocycles. The number of carbonyl (C=O) groups excluding carboxylic acids is 1. The Labute approximate surface area is 220 Å². The van der Waals surface area contributed by atoms with Crippen LogP contribution in [0.1, 0.15) is 22.6 Å². The fourth-order valence-corrected chi connectivity index (χ4v) is 6.13. The first-order chi connectivity index (χ1) is 18.3. The van der Waals surface area contributed by atoms with Crippen molar-refractivity contribution in [1.29, 1.82) is 0 Å². The third-order valence-corrected chi connectivity index (χ3v) is 7.72. The van der Waals surface area contributed by atoms with Gasteiger partial charge in [-0.05, 0) is 17.7 Å². The SMILES string of the molecule is COC(=O)C1C(O)C2(O)c3c(OC)cc(OC)cc3OC2(c2ccc(OC)c(OC)c2)C1c1ccccc1. The van der Waals surface area contributed by atoms with E-state index >= 15 is 0 Å². The van der Waals surface area contributed by atoms with Gasteiger partial charge in [-0.3, -0.25) is 4.79 Å². The average Bonchev–Trinajstić information content (AvgIpc) is 3.34. The number of aliphatic hydroxyl groups excluding tert-OH is 1. The number of esters is 1. The van der Waals surface area contributed by atoms with Gasteiger partial charge >= 0.3 is 5.97 Å². The predicted molar refractivity (Wildman–Crippen MR) is 136 cm³/mol. The van der Waals surface area contributed by atoms with Crippen LogP contribution < -0.4 is 23.7 Å². The van der Waals surface area contributed by atoms with E-state index in [0.29, 0.717) is 28.4 Å². The van der Waals surface area contributed by atoms with E-state index in [0.717, 1.165) is 0 Å². The van der Waals surface area contributed by atoms with Crippen molar-refractivity contribution in [2.45, 2.75) is 23.2 Å². The van der Waals surface area contributed by atoms with E-state index in [1.165, 1.54) is 35.5 Å². The van der Waals surface area contributed by atoms with Crippen molar-refractivity contribution in [1.82, 2.24) is 0 Å². The van der Waals surface area contributed by atoms with Gasteiger partial charge in [-0.15, -0.1) is 0 Å². The minimum Gasteiger partial charge on any atom is -0.496 e. The summed E-state index contributed by atoms with van der Waals surface area (Å²) >= 11 is 0. The molecule has 3 aromatic carbocycles. The van der Waals surface area contributed by atoms with E-state index in [-0.39, 0.29) is 17.1 Å². The van der Waals surface area contributed by atoms with Crippen LogP contribution in [0, 0.1) is 5.92 Å². The van der Waals surface area contributed by atoms with Gasteiger partial charge in [-0.25, -0.2) is 0 Å². The molecule has 0 saturated heterocycles. The Hall–Kier alpha value is -3.95. The Kier molecular flexibility index (Phi) is 6.36. The van der Waals surface area contributed by atoms with E-state index < -0.39 is 35.1 Å². The van der Waals surface area contributed by atoms with Crippen LogP contribution in [0.3, 0.4) is 0 Å². The van der Waals surface area contributed by atoms with Crippen LogP contribution in [0.4, 0.5) is 0 Å². The van der Waals surface area contributed by atoms with Gasteiger partial charge in [0, 0.05) is 23.6 Å². The van der Waals surface area contributed by atoms with Gasteiger partial charge < -0.3 is 38.6 Å². The lowest BCUT2D eigenvalue weighted by molar-refractivity contribution is -0.161. The Balaban J connectivity index is 1.91. The van der Waals surface area contributed by atoms with Gasteiger partial charge in [0.05, 0.1) is 47.0 Å². The molecule has 1 fully saturated rings. The second-order valence-corrected chi connectivity index (χ2v) is 9.26. The summed E-state index contributed by atoms with van der Waals surface area (Å²) in [7, 11) is 7.22. The molecule has 0 spiro atoms. The lowest BCUT2D eigenvalue weighted by Crippen LogP contribution is -2.52. The fraction of sp³-hybridized carbons (Fsp3) is 0.345. The summed E-state index contributed by atoms with van der Waals surface area (Å²) in [5.41, 5.74) is -2.55. The number of hydrogen-bond donors (Lipinski definition) is 2. The molecule has 3 aromatic rings. The Morgan fingerprint density at radius 3 is 2.13 bits per heavy atom. The van der Waals surface area contributed by atoms with E-state index in [4.69, 9.17) is 28.4 Å². The number of rotatable bonds is 7. The maximum absolute atomic E-state index is 13.3. The van der Waals surface area contributed by atoms with Crippen molar-refractivity contribution < 1.29 is 43.4 Å². The molecule has 200 valence electrons. The highest BCUT2D eigenvalue weighted by Gasteiger charge is 2.78. The molecule has 38 heavy (non-hydrogen) atoms. The number of carbonyl (C=O) groups is 1. The molecule has 9 heteroatoms. The molecule has 0 amide bonds. The highest BCUT2D eigenvalue weighted by molar-refractivity contribution is 5.78. The van der Waals surface area contributed by atoms with Crippen LogP contribution >= 0.6 is 0 Å². The maximum Gasteiger partial charge on any atom is 0.312 e. The minimum absolute atomic E-state index is 0.204. The van der Waals surface area contributed by atoms with Crippen molar-refractivity contribution in [3.8, 4) is 28.7 Å². The van der Waals surface area contributed by atoms with Crippen LogP contribution in [0.2, 0.25) is 0 Å². The Bertz CT molecular complexity index is 1360. The molecule has 0 aromatic heterocycles. The third-order valence-electron chi connectivity index (χ3n) is 7.72. The molecular weight excluding hydrogens is 492 g/mol. The lowest BCUT2D eigenvalue weighted by atomic mass is 9.70. The minimum atomic E-state index is -2.15. The van der Waals surface area contributed by atoms with E-state index in [1.807, 2.05) is 30.3 Å². The topological polar surface area (TPSA) is 113 Å². The maximum atomic E-state index is 13.3. The van der Waals surface area contributed by atoms with Crippen LogP contribution in [0.15, 0.2) is 60.7 Å². The van der Waals surface area contributed by atoms with Crippen LogP contribution in [0.25, 0.3) is 0 Å². The van der Waals surface area contributed by atoms with Crippen LogP contribution in [-0.2, 0) is 20.7 Å². The summed E-state index contributed by atoms with van der Waals surface area (Å²) in [6.45, 7) is 0. The molecular formula is C29H30O9. The van der Waals surface area contributed by atoms with Gasteiger partial charge in [0.1, 0.15) is 23.4 Å². The number of hydrogen-bond acceptors (Lipinski definition) is 9. The van der Waals surface area contributed by atoms with E-state index in [2.05, 4.69) is 0 Å². The summed E-state index contributed by atoms with van der Waals surface area (Å²) in [4.78, 5) is 13.3. The van der Waals surface area contributed by atoms with Gasteiger partial charge in [-0.2, -0.15) is 0 Å². The molecule has 0 bridgehead atoms. The molecule has 2 aliphatic rings. The smallest absolute Gasteiger partial charge is 0.312 e. The van der Waals surface area contributed by atoms with Crippen molar-refractivity contribution in [2.24, 2.45) is 5.92 Å². The lowest BCUT2D eigenvalue weighted by Gasteiger charge is -2.41. The number of ether oxygens (including phenoxy) is 6. The van der Waals surface area contributed by atoms with Crippen LogP contribution in [0.5, 0.6) is 28.7 Å². The molecule has 1 heterocycles. The zero-order chi connectivity index (χ0) is 27.2. The largest absolute Gasteiger partial charge is 0.496 e. The Morgan fingerprint density at radius 1 is 0.842 bits per heavy atom. The number of methoxy groups -OCH3 is 5. The highest BCUT2D eigenvalue weighted by atomic mass is 16.6. The normalized spacial score (nSPS) is 27.1. The molecule has 1 saturated carbocycles. The van der Waals surface area contributed by atoms with Gasteiger partial charge in [0.25, 0.3) is 0 Å². The number of benzene rings is 3. The zero-order valence-corrected chi connectivity index (χ0v) is 21.8. The summed E-state index contributed by atoms with van der Waals surface area (Å²) in [6.07, 6.45) is -1.64. The zero-order valence-electron chi connectivity index (χ0n) is 21.8. The molecule has 2 N–H and O–H groups in total. The second kappa shape index (κ2) is 9.41. The van der Waals surface area contributed by atoms with Crippen molar-refractivity contribution >= 4 is 5.97 Å². The predicted octanol–water partition coefficient (Wildman–Crippen LogP) is 3.14.